The van der Waals surface area contributed by atoms with Gasteiger partial charge in [0.25, 0.3) is 0 Å². The van der Waals surface area contributed by atoms with Crippen LogP contribution >= 0.6 is 21.6 Å². The molecule has 0 aromatic heterocycles. The zero-order valence-corrected chi connectivity index (χ0v) is 50.1. The molecule has 0 unspecified atom stereocenters. The van der Waals surface area contributed by atoms with Gasteiger partial charge in [0.2, 0.25) is 70.9 Å². The van der Waals surface area contributed by atoms with Crippen LogP contribution in [0.1, 0.15) is 109 Å². The third kappa shape index (κ3) is 20.9. The van der Waals surface area contributed by atoms with Crippen LogP contribution in [0, 0.1) is 5.92 Å². The van der Waals surface area contributed by atoms with E-state index in [0.717, 1.165) is 21.6 Å². The molecule has 26 nitrogen and oxygen atoms in total. The molecular weight excluding hydrogens is 1140 g/mol. The molecule has 3 saturated heterocycles. The summed E-state index contributed by atoms with van der Waals surface area (Å²) in [5.74, 6) is -10.3. The van der Waals surface area contributed by atoms with E-state index >= 15 is 4.79 Å². The minimum atomic E-state index is -1.54. The minimum Gasteiger partial charge on any atom is -0.508 e. The number of unbranched alkanes of at least 4 members (excludes halogenated alkanes) is 1. The second-order valence-electron chi connectivity index (χ2n) is 21.6. The standard InChI is InChI=1S/C57H82N12O14S2/c1-5-8-17-46(73)62-42-31-85-84-30-41(49(59)75)66-51(77)37(13-6-2)63-55(81)48(32(4)7-3)67-54(80)44-27-36(71)29-69(44)57(83)43-16-12-24-68(43)56(82)40(26-33-14-10-9-11-15-33)65-53(79)39(25-34-18-20-35(70)21-19-34)64-52(78)38(22-23-45(58)72)61-47(74)28-60-50(42)76/h9-11,14-15,18-21,32,36-44,48,70-71H,5-8,12-13,16-17,22-31H2,1-4H3,(H2,58,72)(H2,59,75)(H,60,76)(H,61,74)(H,62,73)(H,63,81)(H,64,78)(H,65,79)(H,66,77)(H,67,80)/t32-,36+,37-,38-,39-,40-,41-,42-,43-,44-,48-/m0/s1. The SMILES string of the molecule is CCCCC(=O)N[C@H]1CSSC[C@@H](C(N)=O)NC(=O)[C@H](CCC)NC(=O)[C@H]([C@@H](C)CC)NC(=O)[C@@H]2C[C@@H](O)CN2C(=O)[C@@H]2CCCN2C(=O)[C@H](Cc2ccccc2)NC(=O)[C@H](Cc2ccc(O)cc2)NC(=O)[C@H](CCC(N)=O)NC(=O)CNC1=O. The van der Waals surface area contributed by atoms with E-state index < -0.39 is 150 Å². The largest absolute Gasteiger partial charge is 0.508 e. The van der Waals surface area contributed by atoms with Gasteiger partial charge >= 0.3 is 0 Å². The molecule has 3 aliphatic heterocycles. The van der Waals surface area contributed by atoms with Crippen LogP contribution in [0.3, 0.4) is 0 Å². The highest BCUT2D eigenvalue weighted by Crippen LogP contribution is 2.28. The van der Waals surface area contributed by atoms with Gasteiger partial charge in [0.05, 0.1) is 12.6 Å². The van der Waals surface area contributed by atoms with E-state index in [4.69, 9.17) is 11.5 Å². The Bertz CT molecular complexity index is 2690. The molecule has 5 rings (SSSR count). The van der Waals surface area contributed by atoms with Crippen molar-refractivity contribution in [2.24, 2.45) is 17.4 Å². The summed E-state index contributed by atoms with van der Waals surface area (Å²) < 4.78 is 0. The molecule has 14 N–H and O–H groups in total. The molecule has 0 radical (unpaired) electrons. The van der Waals surface area contributed by atoms with Crippen molar-refractivity contribution in [2.75, 3.05) is 31.1 Å². The topological polar surface area (TPSA) is 400 Å². The zero-order chi connectivity index (χ0) is 62.3. The van der Waals surface area contributed by atoms with E-state index in [-0.39, 0.29) is 75.3 Å². The number of nitrogens with two attached hydrogens (primary N) is 2. The molecule has 12 amide bonds. The molecular formula is C57H82N12O14S2. The summed E-state index contributed by atoms with van der Waals surface area (Å²) in [5, 5.41) is 42.3. The second kappa shape index (κ2) is 33.9. The predicted molar refractivity (Wildman–Crippen MR) is 316 cm³/mol. The predicted octanol–water partition coefficient (Wildman–Crippen LogP) is -1.18. The quantitative estimate of drug-likeness (QED) is 0.0881. The molecule has 2 aromatic rings. The number of fused-ring (bicyclic) bond motifs is 2. The lowest BCUT2D eigenvalue weighted by atomic mass is 9.97. The number of nitrogens with one attached hydrogen (secondary N) is 8. The number of carbonyl (C=O) groups is 12. The third-order valence-electron chi connectivity index (χ3n) is 15.0. The Morgan fingerprint density at radius 2 is 1.29 bits per heavy atom. The van der Waals surface area contributed by atoms with E-state index in [1.165, 1.54) is 34.1 Å². The number of aliphatic hydroxyl groups is 1. The number of amides is 12. The van der Waals surface area contributed by atoms with Gasteiger partial charge in [-0.2, -0.15) is 0 Å². The molecule has 11 atom stereocenters. The Kier molecular flexibility index (Phi) is 27.2. The molecule has 0 bridgehead atoms. The number of nitrogens with zero attached hydrogens (tertiary/aromatic N) is 2. The minimum absolute atomic E-state index is 0.0496. The number of phenols is 1. The van der Waals surface area contributed by atoms with Crippen molar-refractivity contribution in [1.82, 2.24) is 52.3 Å². The van der Waals surface area contributed by atoms with Gasteiger partial charge in [0, 0.05) is 56.7 Å². The molecule has 2 aromatic carbocycles. The van der Waals surface area contributed by atoms with Crippen LogP contribution in [0.5, 0.6) is 5.75 Å². The molecule has 85 heavy (non-hydrogen) atoms. The molecule has 3 aliphatic rings. The summed E-state index contributed by atoms with van der Waals surface area (Å²) in [7, 11) is 2.06. The Hall–Kier alpha value is -7.46. The lowest BCUT2D eigenvalue weighted by molar-refractivity contribution is -0.148. The first-order valence-electron chi connectivity index (χ1n) is 28.8. The smallest absolute Gasteiger partial charge is 0.246 e. The zero-order valence-electron chi connectivity index (χ0n) is 48.4. The number of rotatable bonds is 16. The van der Waals surface area contributed by atoms with Gasteiger partial charge in [0.15, 0.2) is 0 Å². The molecule has 0 saturated carbocycles. The molecule has 0 spiro atoms. The lowest BCUT2D eigenvalue weighted by Gasteiger charge is -2.34. The summed E-state index contributed by atoms with van der Waals surface area (Å²) in [6.07, 6.45) is 0.0713. The van der Waals surface area contributed by atoms with Crippen LogP contribution in [0.15, 0.2) is 54.6 Å². The molecule has 3 heterocycles. The van der Waals surface area contributed by atoms with Gasteiger partial charge in [-0.3, -0.25) is 57.5 Å². The number of aromatic hydroxyl groups is 1. The fraction of sp³-hybridized carbons (Fsp3) is 0.579. The number of hydrogen-bond acceptors (Lipinski definition) is 16. The van der Waals surface area contributed by atoms with Crippen LogP contribution in [-0.4, -0.2) is 183 Å². The number of carbonyl (C=O) groups excluding carboxylic acids is 12. The summed E-state index contributed by atoms with van der Waals surface area (Å²) >= 11 is 0. The number of hydrogen-bond donors (Lipinski definition) is 12. The normalized spacial score (nSPS) is 26.3. The Morgan fingerprint density at radius 3 is 1.95 bits per heavy atom. The van der Waals surface area contributed by atoms with Crippen LogP contribution in [0.4, 0.5) is 0 Å². The number of aliphatic hydroxyl groups excluding tert-OH is 1. The van der Waals surface area contributed by atoms with Crippen molar-refractivity contribution < 1.29 is 67.7 Å². The lowest BCUT2D eigenvalue weighted by Crippen LogP contribution is -2.61. The molecule has 3 fully saturated rings. The fourth-order valence-electron chi connectivity index (χ4n) is 10.0. The van der Waals surface area contributed by atoms with Crippen molar-refractivity contribution in [3.8, 4) is 5.75 Å². The van der Waals surface area contributed by atoms with Crippen LogP contribution in [0.2, 0.25) is 0 Å². The maximum absolute atomic E-state index is 15.1. The molecule has 466 valence electrons. The highest BCUT2D eigenvalue weighted by Gasteiger charge is 2.47. The van der Waals surface area contributed by atoms with Gasteiger partial charge in [-0.25, -0.2) is 0 Å². The van der Waals surface area contributed by atoms with E-state index in [1.807, 2.05) is 6.92 Å². The average Bonchev–Trinajstić information content (AvgIpc) is 2.74. The fourth-order valence-corrected chi connectivity index (χ4v) is 12.3. The Labute approximate surface area is 502 Å². The highest BCUT2D eigenvalue weighted by molar-refractivity contribution is 8.76. The van der Waals surface area contributed by atoms with Crippen molar-refractivity contribution in [3.05, 3.63) is 65.7 Å². The van der Waals surface area contributed by atoms with E-state index in [1.54, 1.807) is 51.1 Å². The van der Waals surface area contributed by atoms with Crippen LogP contribution in [0.25, 0.3) is 0 Å². The van der Waals surface area contributed by atoms with Crippen molar-refractivity contribution in [3.63, 3.8) is 0 Å². The van der Waals surface area contributed by atoms with Gasteiger partial charge in [-0.1, -0.05) is 111 Å². The van der Waals surface area contributed by atoms with Crippen LogP contribution in [-0.2, 0) is 70.4 Å². The van der Waals surface area contributed by atoms with E-state index in [0.29, 0.717) is 43.2 Å². The van der Waals surface area contributed by atoms with Gasteiger partial charge in [-0.05, 0) is 61.3 Å². The highest BCUT2D eigenvalue weighted by atomic mass is 33.1. The summed E-state index contributed by atoms with van der Waals surface area (Å²) in [6, 6.07) is 2.42. The van der Waals surface area contributed by atoms with Crippen molar-refractivity contribution in [2.45, 2.75) is 172 Å². The van der Waals surface area contributed by atoms with Gasteiger partial charge < -0.3 is 74.0 Å². The summed E-state index contributed by atoms with van der Waals surface area (Å²) in [4.78, 5) is 169. The van der Waals surface area contributed by atoms with Crippen molar-refractivity contribution >= 4 is 92.5 Å². The van der Waals surface area contributed by atoms with E-state index in [9.17, 15) is 63.0 Å². The monoisotopic (exact) mass is 1220 g/mol. The number of benzene rings is 2. The number of primary amides is 2. The Balaban J connectivity index is 1.55. The van der Waals surface area contributed by atoms with Gasteiger partial charge in [-0.15, -0.1) is 0 Å². The molecule has 28 heteroatoms. The number of phenolic OH excluding ortho intramolecular Hbond substituents is 1. The second-order valence-corrected chi connectivity index (χ2v) is 24.1. The first kappa shape index (κ1) is 68.3. The average molecular weight is 1220 g/mol. The first-order valence-corrected chi connectivity index (χ1v) is 31.3. The Morgan fingerprint density at radius 1 is 0.671 bits per heavy atom. The first-order chi connectivity index (χ1) is 40.5. The van der Waals surface area contributed by atoms with Crippen LogP contribution < -0.4 is 54.0 Å². The van der Waals surface area contributed by atoms with Gasteiger partial charge in [0.1, 0.15) is 60.1 Å². The summed E-state index contributed by atoms with van der Waals surface area (Å²) in [5.41, 5.74) is 12.3. The van der Waals surface area contributed by atoms with E-state index in [2.05, 4.69) is 42.5 Å². The summed E-state index contributed by atoms with van der Waals surface area (Å²) in [6.45, 7) is 6.15. The molecule has 0 aliphatic carbocycles. The van der Waals surface area contributed by atoms with Crippen molar-refractivity contribution in [1.29, 1.82) is 0 Å². The third-order valence-corrected chi connectivity index (χ3v) is 17.4. The maximum Gasteiger partial charge on any atom is 0.246 e. The maximum atomic E-state index is 15.1.